The van der Waals surface area contributed by atoms with E-state index in [9.17, 15) is 4.79 Å². The maximum Gasteiger partial charge on any atom is 0.317 e. The van der Waals surface area contributed by atoms with Crippen LogP contribution in [0.5, 0.6) is 0 Å². The predicted molar refractivity (Wildman–Crippen MR) is 82.5 cm³/mol. The lowest BCUT2D eigenvalue weighted by Crippen LogP contribution is -2.45. The van der Waals surface area contributed by atoms with Gasteiger partial charge in [-0.2, -0.15) is 5.26 Å². The van der Waals surface area contributed by atoms with E-state index >= 15 is 0 Å². The summed E-state index contributed by atoms with van der Waals surface area (Å²) in [5.41, 5.74) is 1.09. The number of amides is 2. The summed E-state index contributed by atoms with van der Waals surface area (Å²) in [6.45, 7) is 1.03. The normalized spacial score (nSPS) is 15.2. The summed E-state index contributed by atoms with van der Waals surface area (Å²) < 4.78 is 0. The summed E-state index contributed by atoms with van der Waals surface area (Å²) in [6.07, 6.45) is 6.18. The highest BCUT2D eigenvalue weighted by Gasteiger charge is 2.19. The Kier molecular flexibility index (Phi) is 6.08. The Morgan fingerprint density at radius 3 is 2.62 bits per heavy atom. The van der Waals surface area contributed by atoms with Gasteiger partial charge in [-0.05, 0) is 18.4 Å². The van der Waals surface area contributed by atoms with Crippen LogP contribution < -0.4 is 5.32 Å². The fourth-order valence-corrected chi connectivity index (χ4v) is 2.75. The van der Waals surface area contributed by atoms with Crippen molar-refractivity contribution in [3.63, 3.8) is 0 Å². The first kappa shape index (κ1) is 15.4. The zero-order valence-electron chi connectivity index (χ0n) is 12.4. The lowest BCUT2D eigenvalue weighted by molar-refractivity contribution is 0.188. The molecule has 21 heavy (non-hydrogen) atoms. The first-order valence-electron chi connectivity index (χ1n) is 7.76. The summed E-state index contributed by atoms with van der Waals surface area (Å²) >= 11 is 0. The number of nitrogens with zero attached hydrogens (tertiary/aromatic N) is 2. The van der Waals surface area contributed by atoms with Crippen molar-refractivity contribution in [2.24, 2.45) is 0 Å². The van der Waals surface area contributed by atoms with Gasteiger partial charge in [-0.1, -0.05) is 49.6 Å². The van der Waals surface area contributed by atoms with Gasteiger partial charge in [0.25, 0.3) is 0 Å². The minimum atomic E-state index is -0.0407. The number of carbonyl (C=O) groups is 1. The molecule has 1 saturated carbocycles. The first-order valence-corrected chi connectivity index (χ1v) is 7.76. The first-order chi connectivity index (χ1) is 10.3. The van der Waals surface area contributed by atoms with Gasteiger partial charge in [0, 0.05) is 19.1 Å². The third-order valence-electron chi connectivity index (χ3n) is 3.93. The lowest BCUT2D eigenvalue weighted by atomic mass is 9.96. The summed E-state index contributed by atoms with van der Waals surface area (Å²) in [5.74, 6) is 0. The molecule has 4 nitrogen and oxygen atoms in total. The molecule has 0 atom stereocenters. The van der Waals surface area contributed by atoms with Gasteiger partial charge in [0.1, 0.15) is 0 Å². The van der Waals surface area contributed by atoms with Crippen molar-refractivity contribution in [3.05, 3.63) is 35.9 Å². The fourth-order valence-electron chi connectivity index (χ4n) is 2.75. The number of urea groups is 1. The largest absolute Gasteiger partial charge is 0.335 e. The second kappa shape index (κ2) is 8.31. The molecule has 0 saturated heterocycles. The molecule has 0 heterocycles. The van der Waals surface area contributed by atoms with Gasteiger partial charge in [-0.3, -0.25) is 0 Å². The topological polar surface area (TPSA) is 56.1 Å². The zero-order valence-corrected chi connectivity index (χ0v) is 12.4. The Hall–Kier alpha value is -2.02. The second-order valence-electron chi connectivity index (χ2n) is 5.60. The van der Waals surface area contributed by atoms with Crippen molar-refractivity contribution in [2.75, 3.05) is 6.54 Å². The Morgan fingerprint density at radius 1 is 1.24 bits per heavy atom. The molecule has 0 bridgehead atoms. The van der Waals surface area contributed by atoms with Crippen LogP contribution in [0.2, 0.25) is 0 Å². The van der Waals surface area contributed by atoms with Crippen molar-refractivity contribution < 1.29 is 4.79 Å². The van der Waals surface area contributed by atoms with E-state index in [1.807, 2.05) is 30.3 Å². The molecule has 0 aromatic heterocycles. The highest BCUT2D eigenvalue weighted by atomic mass is 16.2. The molecule has 1 fully saturated rings. The number of carbonyl (C=O) groups excluding carboxylic acids is 1. The van der Waals surface area contributed by atoms with Crippen LogP contribution in [-0.4, -0.2) is 23.5 Å². The van der Waals surface area contributed by atoms with Crippen molar-refractivity contribution in [3.8, 4) is 6.07 Å². The van der Waals surface area contributed by atoms with Crippen LogP contribution in [-0.2, 0) is 6.54 Å². The highest BCUT2D eigenvalue weighted by molar-refractivity contribution is 5.74. The minimum Gasteiger partial charge on any atom is -0.335 e. The van der Waals surface area contributed by atoms with Crippen LogP contribution in [0.3, 0.4) is 0 Å². The van der Waals surface area contributed by atoms with Gasteiger partial charge in [0.15, 0.2) is 0 Å². The molecule has 1 aromatic rings. The van der Waals surface area contributed by atoms with Gasteiger partial charge >= 0.3 is 6.03 Å². The fraction of sp³-hybridized carbons (Fsp3) is 0.529. The quantitative estimate of drug-likeness (QED) is 0.901. The van der Waals surface area contributed by atoms with E-state index in [2.05, 4.69) is 11.4 Å². The molecule has 112 valence electrons. The summed E-state index contributed by atoms with van der Waals surface area (Å²) in [4.78, 5) is 14.2. The minimum absolute atomic E-state index is 0.0407. The van der Waals surface area contributed by atoms with Crippen molar-refractivity contribution in [1.82, 2.24) is 10.2 Å². The number of nitriles is 1. The third kappa shape index (κ3) is 5.11. The Bertz CT molecular complexity index is 475. The maximum atomic E-state index is 12.4. The van der Waals surface area contributed by atoms with Crippen LogP contribution in [0.1, 0.15) is 44.1 Å². The third-order valence-corrected chi connectivity index (χ3v) is 3.93. The van der Waals surface area contributed by atoms with Crippen LogP contribution in [0.25, 0.3) is 0 Å². The van der Waals surface area contributed by atoms with E-state index < -0.39 is 0 Å². The molecular weight excluding hydrogens is 262 g/mol. The molecule has 0 aliphatic heterocycles. The van der Waals surface area contributed by atoms with E-state index in [0.717, 1.165) is 18.4 Å². The standard InChI is InChI=1S/C17H23N3O/c18-12-7-13-20(14-15-8-3-1-4-9-15)17(21)19-16-10-5-2-6-11-16/h1,3-4,8-9,16H,2,5-7,10-11,13-14H2,(H,19,21). The second-order valence-corrected chi connectivity index (χ2v) is 5.60. The molecule has 1 aliphatic rings. The SMILES string of the molecule is N#CCCN(Cc1ccccc1)C(=O)NC1CCCCC1. The summed E-state index contributed by atoms with van der Waals surface area (Å²) in [7, 11) is 0. The van der Waals surface area contributed by atoms with Crippen molar-refractivity contribution >= 4 is 6.03 Å². The Balaban J connectivity index is 1.94. The number of benzene rings is 1. The molecule has 0 radical (unpaired) electrons. The number of hydrogen-bond acceptors (Lipinski definition) is 2. The molecule has 2 rings (SSSR count). The van der Waals surface area contributed by atoms with Gasteiger partial charge in [-0.15, -0.1) is 0 Å². The summed E-state index contributed by atoms with van der Waals surface area (Å²) in [6, 6.07) is 12.3. The van der Waals surface area contributed by atoms with Crippen molar-refractivity contribution in [2.45, 2.75) is 51.1 Å². The monoisotopic (exact) mass is 285 g/mol. The average molecular weight is 285 g/mol. The van der Waals surface area contributed by atoms with Crippen LogP contribution in [0.4, 0.5) is 4.79 Å². The van der Waals surface area contributed by atoms with Crippen molar-refractivity contribution in [1.29, 1.82) is 5.26 Å². The number of rotatable bonds is 5. The van der Waals surface area contributed by atoms with Gasteiger partial charge in [-0.25, -0.2) is 4.79 Å². The van der Waals surface area contributed by atoms with Crippen LogP contribution in [0.15, 0.2) is 30.3 Å². The van der Waals surface area contributed by atoms with E-state index in [0.29, 0.717) is 25.6 Å². The molecule has 0 unspecified atom stereocenters. The van der Waals surface area contributed by atoms with E-state index in [4.69, 9.17) is 5.26 Å². The molecule has 1 aromatic carbocycles. The van der Waals surface area contributed by atoms with E-state index in [-0.39, 0.29) is 6.03 Å². The Morgan fingerprint density at radius 2 is 1.95 bits per heavy atom. The van der Waals surface area contributed by atoms with Crippen LogP contribution >= 0.6 is 0 Å². The summed E-state index contributed by atoms with van der Waals surface area (Å²) in [5, 5.41) is 11.9. The molecule has 2 amide bonds. The van der Waals surface area contributed by atoms with Gasteiger partial charge < -0.3 is 10.2 Å². The molecule has 1 N–H and O–H groups in total. The lowest BCUT2D eigenvalue weighted by Gasteiger charge is -2.28. The molecule has 0 spiro atoms. The van der Waals surface area contributed by atoms with Gasteiger partial charge in [0.2, 0.25) is 0 Å². The number of nitrogens with one attached hydrogen (secondary N) is 1. The molecule has 1 aliphatic carbocycles. The zero-order chi connectivity index (χ0) is 14.9. The molecular formula is C17H23N3O. The predicted octanol–water partition coefficient (Wildman–Crippen LogP) is 3.44. The Labute approximate surface area is 126 Å². The average Bonchev–Trinajstić information content (AvgIpc) is 2.53. The van der Waals surface area contributed by atoms with Gasteiger partial charge in [0.05, 0.1) is 12.5 Å². The van der Waals surface area contributed by atoms with E-state index in [1.165, 1.54) is 19.3 Å². The highest BCUT2D eigenvalue weighted by Crippen LogP contribution is 2.18. The maximum absolute atomic E-state index is 12.4. The van der Waals surface area contributed by atoms with Crippen LogP contribution in [0, 0.1) is 11.3 Å². The van der Waals surface area contributed by atoms with E-state index in [1.54, 1.807) is 4.90 Å². The number of hydrogen-bond donors (Lipinski definition) is 1. The smallest absolute Gasteiger partial charge is 0.317 e. The molecule has 4 heteroatoms.